The zero-order valence-corrected chi connectivity index (χ0v) is 27.3. The monoisotopic (exact) mass is 656 g/mol. The van der Waals surface area contributed by atoms with Gasteiger partial charge in [0.05, 0.1) is 16.7 Å². The molecular formula is C45H28N4O2. The normalized spacial score (nSPS) is 16.4. The van der Waals surface area contributed by atoms with E-state index in [9.17, 15) is 0 Å². The Morgan fingerprint density at radius 2 is 1.25 bits per heavy atom. The molecule has 6 nitrogen and oxygen atoms in total. The van der Waals surface area contributed by atoms with E-state index in [0.29, 0.717) is 17.5 Å². The number of furan rings is 1. The Hall–Kier alpha value is -6.79. The molecule has 1 aliphatic heterocycles. The molecule has 2 atom stereocenters. The average molecular weight is 657 g/mol. The molecule has 3 aromatic heterocycles. The van der Waals surface area contributed by atoms with Crippen LogP contribution in [0.5, 0.6) is 5.75 Å². The van der Waals surface area contributed by atoms with Crippen molar-refractivity contribution in [1.29, 1.82) is 0 Å². The smallest absolute Gasteiger partial charge is 0.164 e. The number of aromatic nitrogens is 4. The fourth-order valence-corrected chi connectivity index (χ4v) is 7.92. The van der Waals surface area contributed by atoms with Crippen LogP contribution < -0.4 is 4.74 Å². The first kappa shape index (κ1) is 28.1. The van der Waals surface area contributed by atoms with Crippen molar-refractivity contribution in [1.82, 2.24) is 19.5 Å². The topological polar surface area (TPSA) is 66.0 Å². The van der Waals surface area contributed by atoms with Gasteiger partial charge < -0.3 is 13.7 Å². The molecule has 0 saturated heterocycles. The van der Waals surface area contributed by atoms with Crippen LogP contribution in [-0.2, 0) is 0 Å². The Labute approximate surface area is 292 Å². The molecule has 240 valence electrons. The summed E-state index contributed by atoms with van der Waals surface area (Å²) in [6.45, 7) is 0. The van der Waals surface area contributed by atoms with E-state index in [2.05, 4.69) is 108 Å². The van der Waals surface area contributed by atoms with Gasteiger partial charge in [-0.15, -0.1) is 0 Å². The summed E-state index contributed by atoms with van der Waals surface area (Å²) in [5.41, 5.74) is 8.74. The molecule has 0 amide bonds. The van der Waals surface area contributed by atoms with Gasteiger partial charge in [0, 0.05) is 49.7 Å². The minimum absolute atomic E-state index is 0.122. The highest BCUT2D eigenvalue weighted by Crippen LogP contribution is 2.44. The first-order chi connectivity index (χ1) is 25.3. The Morgan fingerprint density at radius 1 is 0.569 bits per heavy atom. The van der Waals surface area contributed by atoms with Gasteiger partial charge in [-0.2, -0.15) is 0 Å². The molecule has 0 bridgehead atoms. The number of nitrogens with zero attached hydrogens (tertiary/aromatic N) is 4. The lowest BCUT2D eigenvalue weighted by molar-refractivity contribution is 0.269. The number of rotatable bonds is 4. The van der Waals surface area contributed by atoms with Crippen molar-refractivity contribution in [3.63, 3.8) is 0 Å². The average Bonchev–Trinajstić information content (AvgIpc) is 3.87. The molecule has 9 aromatic rings. The number of benzene rings is 6. The molecule has 2 unspecified atom stereocenters. The van der Waals surface area contributed by atoms with Gasteiger partial charge in [-0.05, 0) is 36.4 Å². The van der Waals surface area contributed by atoms with Gasteiger partial charge in [-0.3, -0.25) is 0 Å². The van der Waals surface area contributed by atoms with Gasteiger partial charge in [0.15, 0.2) is 23.1 Å². The Bertz CT molecular complexity index is 2860. The summed E-state index contributed by atoms with van der Waals surface area (Å²) in [5.74, 6) is 2.88. The number of ether oxygens (including phenoxy) is 1. The van der Waals surface area contributed by atoms with Crippen LogP contribution in [0.4, 0.5) is 0 Å². The van der Waals surface area contributed by atoms with Gasteiger partial charge in [-0.25, -0.2) is 15.0 Å². The van der Waals surface area contributed by atoms with Crippen LogP contribution in [0.15, 0.2) is 162 Å². The molecule has 11 rings (SSSR count). The van der Waals surface area contributed by atoms with E-state index in [0.717, 1.165) is 61.1 Å². The summed E-state index contributed by atoms with van der Waals surface area (Å²) in [6.07, 6.45) is 6.35. The van der Waals surface area contributed by atoms with Crippen molar-refractivity contribution in [2.75, 3.05) is 0 Å². The van der Waals surface area contributed by atoms with E-state index in [4.69, 9.17) is 24.1 Å². The molecule has 0 spiro atoms. The van der Waals surface area contributed by atoms with Crippen molar-refractivity contribution in [2.24, 2.45) is 0 Å². The van der Waals surface area contributed by atoms with E-state index in [1.54, 1.807) is 0 Å². The summed E-state index contributed by atoms with van der Waals surface area (Å²) in [5, 5.41) is 4.38. The van der Waals surface area contributed by atoms with E-state index in [-0.39, 0.29) is 12.0 Å². The predicted molar refractivity (Wildman–Crippen MR) is 203 cm³/mol. The fourth-order valence-electron chi connectivity index (χ4n) is 7.92. The number of hydrogen-bond donors (Lipinski definition) is 0. The van der Waals surface area contributed by atoms with Crippen LogP contribution in [0.1, 0.15) is 17.3 Å². The minimum Gasteiger partial charge on any atom is -0.485 e. The van der Waals surface area contributed by atoms with Crippen molar-refractivity contribution in [3.8, 4) is 34.2 Å². The van der Waals surface area contributed by atoms with Crippen LogP contribution in [0.3, 0.4) is 0 Å². The zero-order chi connectivity index (χ0) is 33.5. The molecule has 2 aliphatic rings. The molecule has 1 aliphatic carbocycles. The van der Waals surface area contributed by atoms with Crippen molar-refractivity contribution < 1.29 is 9.15 Å². The van der Waals surface area contributed by atoms with Crippen molar-refractivity contribution in [2.45, 2.75) is 12.0 Å². The lowest BCUT2D eigenvalue weighted by Crippen LogP contribution is -2.18. The highest BCUT2D eigenvalue weighted by Gasteiger charge is 2.33. The lowest BCUT2D eigenvalue weighted by atomic mass is 9.89. The highest BCUT2D eigenvalue weighted by molar-refractivity contribution is 6.15. The summed E-state index contributed by atoms with van der Waals surface area (Å²) in [4.78, 5) is 15.3. The third kappa shape index (κ3) is 4.26. The molecule has 51 heavy (non-hydrogen) atoms. The highest BCUT2D eigenvalue weighted by atomic mass is 16.5. The summed E-state index contributed by atoms with van der Waals surface area (Å²) in [6, 6.07) is 47.9. The number of allylic oxidation sites excluding steroid dienone is 2. The third-order valence-corrected chi connectivity index (χ3v) is 10.2. The van der Waals surface area contributed by atoms with Gasteiger partial charge in [0.1, 0.15) is 17.4 Å². The Morgan fingerprint density at radius 3 is 2.10 bits per heavy atom. The molecule has 6 heteroatoms. The molecule has 6 aromatic carbocycles. The SMILES string of the molecule is C1=CC2c3ccccc3OC2C=C1c1nc(-c2ccccc2)nc(-c2cccc3oc4c(-n5c6ccccc6c6ccccc65)cccc4c23)n1. The van der Waals surface area contributed by atoms with Gasteiger partial charge in [0.2, 0.25) is 0 Å². The number of para-hydroxylation sites is 4. The minimum atomic E-state index is -0.122. The van der Waals surface area contributed by atoms with Gasteiger partial charge >= 0.3 is 0 Å². The zero-order valence-electron chi connectivity index (χ0n) is 27.3. The van der Waals surface area contributed by atoms with Crippen LogP contribution in [-0.4, -0.2) is 25.6 Å². The molecule has 0 N–H and O–H groups in total. The Kier molecular flexibility index (Phi) is 5.98. The first-order valence-electron chi connectivity index (χ1n) is 17.2. The lowest BCUT2D eigenvalue weighted by Gasteiger charge is -2.18. The molecule has 0 saturated carbocycles. The van der Waals surface area contributed by atoms with Crippen LogP contribution in [0, 0.1) is 0 Å². The van der Waals surface area contributed by atoms with E-state index < -0.39 is 0 Å². The Balaban J connectivity index is 1.11. The summed E-state index contributed by atoms with van der Waals surface area (Å²) < 4.78 is 15.5. The quantitative estimate of drug-likeness (QED) is 0.189. The molecule has 0 fully saturated rings. The predicted octanol–water partition coefficient (Wildman–Crippen LogP) is 10.7. The van der Waals surface area contributed by atoms with Gasteiger partial charge in [0.25, 0.3) is 0 Å². The summed E-state index contributed by atoms with van der Waals surface area (Å²) >= 11 is 0. The van der Waals surface area contributed by atoms with Crippen LogP contribution >= 0.6 is 0 Å². The van der Waals surface area contributed by atoms with Crippen LogP contribution in [0.2, 0.25) is 0 Å². The first-order valence-corrected chi connectivity index (χ1v) is 17.2. The second-order valence-electron chi connectivity index (χ2n) is 13.1. The van der Waals surface area contributed by atoms with Crippen LogP contribution in [0.25, 0.3) is 77.8 Å². The maximum atomic E-state index is 6.78. The third-order valence-electron chi connectivity index (χ3n) is 10.2. The largest absolute Gasteiger partial charge is 0.485 e. The second-order valence-corrected chi connectivity index (χ2v) is 13.1. The van der Waals surface area contributed by atoms with E-state index >= 15 is 0 Å². The molecular weight excluding hydrogens is 629 g/mol. The maximum absolute atomic E-state index is 6.78. The molecule has 4 heterocycles. The number of hydrogen-bond acceptors (Lipinski definition) is 5. The number of fused-ring (bicyclic) bond motifs is 9. The maximum Gasteiger partial charge on any atom is 0.164 e. The van der Waals surface area contributed by atoms with Gasteiger partial charge in [-0.1, -0.05) is 121 Å². The summed E-state index contributed by atoms with van der Waals surface area (Å²) in [7, 11) is 0. The van der Waals surface area contributed by atoms with Crippen molar-refractivity contribution >= 4 is 49.3 Å². The molecule has 0 radical (unpaired) electrons. The second kappa shape index (κ2) is 10.9. The van der Waals surface area contributed by atoms with Crippen molar-refractivity contribution in [3.05, 3.63) is 169 Å². The standard InChI is InChI=1S/C45H28N4O2/c1-2-12-27(13-3-1)43-46-44(28-24-25-32-31-16-6-9-22-38(31)50-40(32)26-28)48-45(47-43)34-18-11-23-39-41(34)33-17-10-21-37(42(33)51-39)49-35-19-7-4-14-29(35)30-15-5-8-20-36(30)49/h1-26,32,40H. The van der Waals surface area contributed by atoms with E-state index in [1.165, 1.54) is 16.3 Å². The van der Waals surface area contributed by atoms with E-state index in [1.807, 2.05) is 54.6 Å². The fraction of sp³-hybridized carbons (Fsp3) is 0.0444.